The van der Waals surface area contributed by atoms with Crippen LogP contribution < -0.4 is 5.69 Å². The van der Waals surface area contributed by atoms with Gasteiger partial charge in [0, 0.05) is 17.7 Å². The summed E-state index contributed by atoms with van der Waals surface area (Å²) < 4.78 is 14.2. The summed E-state index contributed by atoms with van der Waals surface area (Å²) in [6, 6.07) is -0.0472. The van der Waals surface area contributed by atoms with E-state index in [1.807, 2.05) is 6.92 Å². The molecule has 0 bridgehead atoms. The second-order valence-corrected chi connectivity index (χ2v) is 6.30. The molecule has 1 fully saturated rings. The fourth-order valence-corrected chi connectivity index (χ4v) is 3.22. The van der Waals surface area contributed by atoms with Crippen molar-refractivity contribution in [2.45, 2.75) is 13.0 Å². The monoisotopic (exact) mass is 227 g/mol. The van der Waals surface area contributed by atoms with Gasteiger partial charge in [0.1, 0.15) is 6.33 Å². The number of allylic oxidation sites excluding steroid dienone is 1. The molecule has 1 aromatic heterocycles. The van der Waals surface area contributed by atoms with Gasteiger partial charge in [-0.3, -0.25) is 8.78 Å². The fourth-order valence-electron chi connectivity index (χ4n) is 1.64. The van der Waals surface area contributed by atoms with Crippen molar-refractivity contribution in [2.75, 3.05) is 11.5 Å². The van der Waals surface area contributed by atoms with Crippen LogP contribution in [-0.4, -0.2) is 35.9 Å². The minimum atomic E-state index is -1.93. The Hall–Kier alpha value is -1.30. The van der Waals surface area contributed by atoms with Gasteiger partial charge in [0.25, 0.3) is 0 Å². The third-order valence-corrected chi connectivity index (χ3v) is 4.35. The first-order chi connectivity index (χ1) is 7.03. The first-order valence-electron chi connectivity index (χ1n) is 4.64. The summed E-state index contributed by atoms with van der Waals surface area (Å²) in [6.45, 7) is 1.83. The van der Waals surface area contributed by atoms with Gasteiger partial charge in [0.2, 0.25) is 0 Å². The zero-order valence-corrected chi connectivity index (χ0v) is 9.31. The van der Waals surface area contributed by atoms with Crippen molar-refractivity contribution in [1.82, 2.24) is 14.3 Å². The second kappa shape index (κ2) is 3.37. The number of hydrogen-bond donors (Lipinski definition) is 0. The lowest BCUT2D eigenvalue weighted by Crippen LogP contribution is -2.43. The van der Waals surface area contributed by atoms with Crippen molar-refractivity contribution in [3.8, 4) is 0 Å². The largest absolute Gasteiger partial charge is 0.350 e. The number of rotatable bonds is 2. The SMILES string of the molecule is C=S1(=O)CC(n2ncn(/C=C\C)c2=O)C1. The average Bonchev–Trinajstić information content (AvgIpc) is 2.45. The second-order valence-electron chi connectivity index (χ2n) is 3.70. The van der Waals surface area contributed by atoms with Gasteiger partial charge in [0.15, 0.2) is 0 Å². The highest BCUT2D eigenvalue weighted by molar-refractivity contribution is 8.01. The van der Waals surface area contributed by atoms with Crippen molar-refractivity contribution in [1.29, 1.82) is 0 Å². The Morgan fingerprint density at radius 3 is 2.87 bits per heavy atom. The first-order valence-corrected chi connectivity index (χ1v) is 6.71. The predicted octanol–water partition coefficient (Wildman–Crippen LogP) is -0.194. The van der Waals surface area contributed by atoms with Crippen LogP contribution in [0.25, 0.3) is 6.20 Å². The highest BCUT2D eigenvalue weighted by Gasteiger charge is 2.31. The van der Waals surface area contributed by atoms with E-state index in [4.69, 9.17) is 0 Å². The summed E-state index contributed by atoms with van der Waals surface area (Å²) in [4.78, 5) is 11.7. The summed E-state index contributed by atoms with van der Waals surface area (Å²) in [7, 11) is -1.93. The van der Waals surface area contributed by atoms with Gasteiger partial charge < -0.3 is 0 Å². The summed E-state index contributed by atoms with van der Waals surface area (Å²) in [6.07, 6.45) is 4.87. The minimum Gasteiger partial charge on any atom is -0.268 e. The van der Waals surface area contributed by atoms with Gasteiger partial charge in [-0.15, -0.1) is 0 Å². The lowest BCUT2D eigenvalue weighted by molar-refractivity contribution is 0.487. The Bertz CT molecular complexity index is 538. The van der Waals surface area contributed by atoms with Gasteiger partial charge >= 0.3 is 5.69 Å². The maximum absolute atomic E-state index is 11.7. The molecule has 0 atom stereocenters. The third kappa shape index (κ3) is 1.77. The molecule has 5 nitrogen and oxygen atoms in total. The molecule has 0 amide bonds. The van der Waals surface area contributed by atoms with Gasteiger partial charge in [0.05, 0.1) is 6.04 Å². The van der Waals surface area contributed by atoms with E-state index < -0.39 is 9.52 Å². The summed E-state index contributed by atoms with van der Waals surface area (Å²) in [5, 5.41) is 3.98. The van der Waals surface area contributed by atoms with Crippen LogP contribution in [-0.2, 0) is 9.52 Å². The van der Waals surface area contributed by atoms with Crippen LogP contribution in [0.3, 0.4) is 0 Å². The molecular weight excluding hydrogens is 214 g/mol. The molecule has 0 aromatic carbocycles. The van der Waals surface area contributed by atoms with Gasteiger partial charge in [-0.1, -0.05) is 6.08 Å². The van der Waals surface area contributed by atoms with Crippen LogP contribution in [0.4, 0.5) is 0 Å². The Morgan fingerprint density at radius 1 is 1.67 bits per heavy atom. The molecule has 1 saturated heterocycles. The topological polar surface area (TPSA) is 56.9 Å². The highest BCUT2D eigenvalue weighted by atomic mass is 32.2. The number of nitrogens with zero attached hydrogens (tertiary/aromatic N) is 3. The molecule has 2 heterocycles. The smallest absolute Gasteiger partial charge is 0.268 e. The Labute approximate surface area is 88.0 Å². The molecular formula is C9H13N3O2S. The van der Waals surface area contributed by atoms with Crippen LogP contribution in [0.15, 0.2) is 17.2 Å². The molecule has 1 aliphatic heterocycles. The molecule has 0 aliphatic carbocycles. The first kappa shape index (κ1) is 10.2. The van der Waals surface area contributed by atoms with Crippen LogP contribution in [0.5, 0.6) is 0 Å². The predicted molar refractivity (Wildman–Crippen MR) is 61.5 cm³/mol. The van der Waals surface area contributed by atoms with Crippen LogP contribution in [0, 0.1) is 0 Å². The standard InChI is InChI=1S/C9H13N3O2S/c1-3-4-11-7-10-12(9(11)13)8-5-15(2,14)6-8/h3-4,7-8H,2,5-6H2,1H3/b4-3-. The molecule has 0 radical (unpaired) electrons. The molecule has 1 aromatic rings. The molecule has 0 N–H and O–H groups in total. The Morgan fingerprint density at radius 2 is 2.33 bits per heavy atom. The molecule has 15 heavy (non-hydrogen) atoms. The molecule has 2 rings (SSSR count). The average molecular weight is 227 g/mol. The van der Waals surface area contributed by atoms with Crippen molar-refractivity contribution in [3.63, 3.8) is 0 Å². The summed E-state index contributed by atoms with van der Waals surface area (Å²) in [5.41, 5.74) is -0.187. The van der Waals surface area contributed by atoms with Crippen molar-refractivity contribution >= 4 is 21.6 Å². The van der Waals surface area contributed by atoms with E-state index in [0.717, 1.165) is 0 Å². The van der Waals surface area contributed by atoms with E-state index >= 15 is 0 Å². The van der Waals surface area contributed by atoms with Crippen molar-refractivity contribution in [2.24, 2.45) is 0 Å². The maximum Gasteiger partial charge on any atom is 0.350 e. The van der Waals surface area contributed by atoms with Crippen LogP contribution >= 0.6 is 0 Å². The van der Waals surface area contributed by atoms with Crippen molar-refractivity contribution in [3.05, 3.63) is 22.9 Å². The maximum atomic E-state index is 11.7. The van der Waals surface area contributed by atoms with E-state index in [9.17, 15) is 9.00 Å². The minimum absolute atomic E-state index is 0.0472. The van der Waals surface area contributed by atoms with E-state index in [-0.39, 0.29) is 11.7 Å². The number of hydrogen-bond acceptors (Lipinski definition) is 3. The molecule has 82 valence electrons. The fraction of sp³-hybridized carbons (Fsp3) is 0.444. The quantitative estimate of drug-likeness (QED) is 0.658. The van der Waals surface area contributed by atoms with Crippen LogP contribution in [0.2, 0.25) is 0 Å². The molecule has 6 heteroatoms. The zero-order chi connectivity index (χ0) is 11.1. The molecule has 0 saturated carbocycles. The lowest BCUT2D eigenvalue weighted by Gasteiger charge is -2.28. The van der Waals surface area contributed by atoms with E-state index in [1.54, 1.807) is 12.3 Å². The highest BCUT2D eigenvalue weighted by Crippen LogP contribution is 2.20. The molecule has 1 aliphatic rings. The summed E-state index contributed by atoms with van der Waals surface area (Å²) >= 11 is 0. The van der Waals surface area contributed by atoms with Gasteiger partial charge in [-0.2, -0.15) is 5.10 Å². The van der Waals surface area contributed by atoms with Crippen LogP contribution in [0.1, 0.15) is 13.0 Å². The normalized spacial score (nSPS) is 30.6. The zero-order valence-electron chi connectivity index (χ0n) is 8.50. The molecule has 0 spiro atoms. The molecule has 0 unspecified atom stereocenters. The van der Waals surface area contributed by atoms with E-state index in [1.165, 1.54) is 15.6 Å². The van der Waals surface area contributed by atoms with Gasteiger partial charge in [-0.25, -0.2) is 9.48 Å². The van der Waals surface area contributed by atoms with E-state index in [0.29, 0.717) is 11.5 Å². The Balaban J connectivity index is 2.29. The van der Waals surface area contributed by atoms with Crippen molar-refractivity contribution < 1.29 is 4.21 Å². The summed E-state index contributed by atoms with van der Waals surface area (Å²) in [5.74, 6) is 4.50. The van der Waals surface area contributed by atoms with E-state index in [2.05, 4.69) is 11.0 Å². The Kier molecular flexibility index (Phi) is 2.30. The third-order valence-electron chi connectivity index (χ3n) is 2.37. The lowest BCUT2D eigenvalue weighted by atomic mass is 10.4. The number of aromatic nitrogens is 3. The van der Waals surface area contributed by atoms with Gasteiger partial charge in [-0.05, 0) is 22.3 Å².